The van der Waals surface area contributed by atoms with Gasteiger partial charge in [0.25, 0.3) is 5.91 Å². The lowest BCUT2D eigenvalue weighted by Crippen LogP contribution is -2.35. The number of carbonyl (C=O) groups excluding carboxylic acids is 2. The molecule has 7 nitrogen and oxygen atoms in total. The van der Waals surface area contributed by atoms with Gasteiger partial charge in [0.2, 0.25) is 10.0 Å². The van der Waals surface area contributed by atoms with Crippen LogP contribution in [0.5, 0.6) is 0 Å². The smallest absolute Gasteiger partial charge is 0.348 e. The second-order valence-corrected chi connectivity index (χ2v) is 9.75. The normalized spacial score (nSPS) is 15.2. The first kappa shape index (κ1) is 20.5. The van der Waals surface area contributed by atoms with Gasteiger partial charge in [-0.15, -0.1) is 11.3 Å². The Balaban J connectivity index is 1.60. The molecule has 1 N–H and O–H groups in total. The monoisotopic (exact) mass is 422 g/mol. The van der Waals surface area contributed by atoms with E-state index in [4.69, 9.17) is 4.74 Å². The number of sulfonamides is 1. The van der Waals surface area contributed by atoms with Gasteiger partial charge in [-0.1, -0.05) is 12.5 Å². The first-order valence-corrected chi connectivity index (χ1v) is 11.3. The van der Waals surface area contributed by atoms with Crippen LogP contribution in [0.15, 0.2) is 41.3 Å². The molecule has 0 atom stereocenters. The number of nitrogens with zero attached hydrogens (tertiary/aromatic N) is 1. The zero-order valence-corrected chi connectivity index (χ0v) is 17.1. The quantitative estimate of drug-likeness (QED) is 0.723. The van der Waals surface area contributed by atoms with Crippen molar-refractivity contribution in [3.05, 3.63) is 46.2 Å². The van der Waals surface area contributed by atoms with Crippen LogP contribution in [-0.4, -0.2) is 44.3 Å². The van der Waals surface area contributed by atoms with Gasteiger partial charge in [0.05, 0.1) is 4.90 Å². The summed E-state index contributed by atoms with van der Waals surface area (Å²) in [6, 6.07) is 9.56. The van der Waals surface area contributed by atoms with E-state index in [-0.39, 0.29) is 4.90 Å². The predicted octanol–water partition coefficient (Wildman–Crippen LogP) is 3.03. The van der Waals surface area contributed by atoms with E-state index in [1.54, 1.807) is 24.3 Å². The number of esters is 1. The third kappa shape index (κ3) is 4.98. The van der Waals surface area contributed by atoms with Crippen molar-refractivity contribution in [2.75, 3.05) is 25.0 Å². The second kappa shape index (κ2) is 8.85. The SMILES string of the molecule is Cc1ccc(C(=O)OCC(=O)Nc2cccc(S(=O)(=O)N3CCCCC3)c2)s1. The molecule has 1 aromatic heterocycles. The fourth-order valence-corrected chi connectivity index (χ4v) is 5.26. The summed E-state index contributed by atoms with van der Waals surface area (Å²) >= 11 is 1.29. The van der Waals surface area contributed by atoms with Gasteiger partial charge >= 0.3 is 5.97 Å². The fraction of sp³-hybridized carbons (Fsp3) is 0.368. The molecular weight excluding hydrogens is 400 g/mol. The minimum Gasteiger partial charge on any atom is -0.451 e. The van der Waals surface area contributed by atoms with E-state index in [2.05, 4.69) is 5.32 Å². The van der Waals surface area contributed by atoms with Crippen LogP contribution in [0.2, 0.25) is 0 Å². The number of thiophene rings is 1. The molecule has 1 aliphatic rings. The maximum atomic E-state index is 12.7. The van der Waals surface area contributed by atoms with Crippen LogP contribution in [0.1, 0.15) is 33.8 Å². The van der Waals surface area contributed by atoms with E-state index in [9.17, 15) is 18.0 Å². The minimum absolute atomic E-state index is 0.137. The summed E-state index contributed by atoms with van der Waals surface area (Å²) in [6.07, 6.45) is 2.74. The molecule has 0 aliphatic carbocycles. The molecule has 9 heteroatoms. The van der Waals surface area contributed by atoms with Gasteiger partial charge in [0, 0.05) is 23.7 Å². The zero-order chi connectivity index (χ0) is 20.1. The van der Waals surface area contributed by atoms with Crippen molar-refractivity contribution >= 4 is 38.9 Å². The van der Waals surface area contributed by atoms with Gasteiger partial charge in [0.15, 0.2) is 6.61 Å². The van der Waals surface area contributed by atoms with Crippen LogP contribution in [0.25, 0.3) is 0 Å². The van der Waals surface area contributed by atoms with Crippen molar-refractivity contribution in [3.63, 3.8) is 0 Å². The fourth-order valence-electron chi connectivity index (χ4n) is 2.93. The Bertz CT molecular complexity index is 962. The van der Waals surface area contributed by atoms with Crippen molar-refractivity contribution in [3.8, 4) is 0 Å². The van der Waals surface area contributed by atoms with E-state index in [1.807, 2.05) is 6.92 Å². The van der Waals surface area contributed by atoms with Gasteiger partial charge in [-0.25, -0.2) is 13.2 Å². The minimum atomic E-state index is -3.58. The van der Waals surface area contributed by atoms with Crippen molar-refractivity contribution < 1.29 is 22.7 Å². The number of piperidine rings is 1. The number of hydrogen-bond acceptors (Lipinski definition) is 6. The summed E-state index contributed by atoms with van der Waals surface area (Å²) in [5.41, 5.74) is 0.339. The first-order chi connectivity index (χ1) is 13.4. The number of anilines is 1. The van der Waals surface area contributed by atoms with E-state index < -0.39 is 28.5 Å². The molecule has 0 spiro atoms. The molecule has 2 aromatic rings. The first-order valence-electron chi connectivity index (χ1n) is 9.00. The number of amides is 1. The third-order valence-corrected chi connectivity index (χ3v) is 7.22. The van der Waals surface area contributed by atoms with Gasteiger partial charge in [-0.3, -0.25) is 4.79 Å². The number of ether oxygens (including phenoxy) is 1. The Kier molecular flexibility index (Phi) is 6.48. The number of nitrogens with one attached hydrogen (secondary N) is 1. The molecule has 1 fully saturated rings. The van der Waals surface area contributed by atoms with Gasteiger partial charge in [-0.2, -0.15) is 4.31 Å². The molecule has 28 heavy (non-hydrogen) atoms. The Morgan fingerprint density at radius 2 is 1.89 bits per heavy atom. The Labute approximate surface area is 168 Å². The largest absolute Gasteiger partial charge is 0.451 e. The van der Waals surface area contributed by atoms with Crippen LogP contribution < -0.4 is 5.32 Å². The van der Waals surface area contributed by atoms with Crippen molar-refractivity contribution in [2.24, 2.45) is 0 Å². The number of rotatable bonds is 6. The lowest BCUT2D eigenvalue weighted by molar-refractivity contribution is -0.119. The molecule has 2 heterocycles. The highest BCUT2D eigenvalue weighted by Crippen LogP contribution is 2.23. The van der Waals surface area contributed by atoms with Crippen molar-refractivity contribution in [2.45, 2.75) is 31.1 Å². The average Bonchev–Trinajstić information content (AvgIpc) is 3.13. The van der Waals surface area contributed by atoms with Gasteiger partial charge in [-0.05, 0) is 50.1 Å². The lowest BCUT2D eigenvalue weighted by Gasteiger charge is -2.26. The Morgan fingerprint density at radius 3 is 2.57 bits per heavy atom. The maximum absolute atomic E-state index is 12.7. The van der Waals surface area contributed by atoms with Gasteiger partial charge in [0.1, 0.15) is 4.88 Å². The van der Waals surface area contributed by atoms with Crippen molar-refractivity contribution in [1.29, 1.82) is 0 Å². The molecule has 1 saturated heterocycles. The summed E-state index contributed by atoms with van der Waals surface area (Å²) in [6.45, 7) is 2.45. The Hall–Kier alpha value is -2.23. The summed E-state index contributed by atoms with van der Waals surface area (Å²) in [4.78, 5) is 25.5. The summed E-state index contributed by atoms with van der Waals surface area (Å²) in [5, 5.41) is 2.57. The highest BCUT2D eigenvalue weighted by molar-refractivity contribution is 7.89. The molecule has 150 valence electrons. The molecule has 0 saturated carbocycles. The summed E-state index contributed by atoms with van der Waals surface area (Å²) < 4.78 is 32.0. The van der Waals surface area contributed by atoms with Crippen LogP contribution in [0, 0.1) is 6.92 Å². The number of benzene rings is 1. The molecule has 0 radical (unpaired) electrons. The summed E-state index contributed by atoms with van der Waals surface area (Å²) in [7, 11) is -3.58. The van der Waals surface area contributed by atoms with Crippen LogP contribution in [-0.2, 0) is 19.6 Å². The van der Waals surface area contributed by atoms with E-state index in [1.165, 1.54) is 27.8 Å². The predicted molar refractivity (Wildman–Crippen MR) is 107 cm³/mol. The number of aryl methyl sites for hydroxylation is 1. The second-order valence-electron chi connectivity index (χ2n) is 6.53. The van der Waals surface area contributed by atoms with Gasteiger partial charge < -0.3 is 10.1 Å². The van der Waals surface area contributed by atoms with E-state index in [0.717, 1.165) is 24.1 Å². The lowest BCUT2D eigenvalue weighted by atomic mass is 10.2. The molecule has 1 aliphatic heterocycles. The molecule has 1 aromatic carbocycles. The molecule has 0 bridgehead atoms. The van der Waals surface area contributed by atoms with E-state index in [0.29, 0.717) is 23.7 Å². The van der Waals surface area contributed by atoms with Crippen LogP contribution in [0.3, 0.4) is 0 Å². The van der Waals surface area contributed by atoms with Crippen molar-refractivity contribution in [1.82, 2.24) is 4.31 Å². The highest BCUT2D eigenvalue weighted by atomic mass is 32.2. The molecule has 0 unspecified atom stereocenters. The summed E-state index contributed by atoms with van der Waals surface area (Å²) in [5.74, 6) is -1.09. The number of carbonyl (C=O) groups is 2. The maximum Gasteiger partial charge on any atom is 0.348 e. The Morgan fingerprint density at radius 1 is 1.14 bits per heavy atom. The van der Waals surface area contributed by atoms with Crippen LogP contribution >= 0.6 is 11.3 Å². The van der Waals surface area contributed by atoms with Crippen LogP contribution in [0.4, 0.5) is 5.69 Å². The third-order valence-electron chi connectivity index (χ3n) is 4.35. The standard InChI is InChI=1S/C19H22N2O5S2/c1-14-8-9-17(27-14)19(23)26-13-18(22)20-15-6-5-7-16(12-15)28(24,25)21-10-3-2-4-11-21/h5-9,12H,2-4,10-11,13H2,1H3,(H,20,22). The molecule has 1 amide bonds. The van der Waals surface area contributed by atoms with E-state index >= 15 is 0 Å². The zero-order valence-electron chi connectivity index (χ0n) is 15.5. The number of hydrogen-bond donors (Lipinski definition) is 1. The molecular formula is C19H22N2O5S2. The highest BCUT2D eigenvalue weighted by Gasteiger charge is 2.26. The average molecular weight is 423 g/mol. The topological polar surface area (TPSA) is 92.8 Å². The molecule has 3 rings (SSSR count).